The van der Waals surface area contributed by atoms with Gasteiger partial charge in [-0.2, -0.15) is 0 Å². The Hall–Kier alpha value is -3.18. The topological polar surface area (TPSA) is 149 Å². The van der Waals surface area contributed by atoms with Gasteiger partial charge in [-0.3, -0.25) is 15.0 Å². The highest BCUT2D eigenvalue weighted by atomic mass is 32.2. The molecular weight excluding hydrogens is 504 g/mol. The van der Waals surface area contributed by atoms with Crippen LogP contribution in [0.15, 0.2) is 47.4 Å². The molecule has 2 unspecified atom stereocenters. The number of amides is 2. The number of nitrogens with zero attached hydrogens (tertiary/aromatic N) is 2. The van der Waals surface area contributed by atoms with E-state index in [1.54, 1.807) is 30.1 Å². The summed E-state index contributed by atoms with van der Waals surface area (Å²) in [6.45, 7) is 1.78. The van der Waals surface area contributed by atoms with E-state index in [9.17, 15) is 18.0 Å². The number of nitrogens with one attached hydrogen (secondary N) is 3. The lowest BCUT2D eigenvalue weighted by atomic mass is 9.79. The van der Waals surface area contributed by atoms with Crippen molar-refractivity contribution in [2.24, 2.45) is 17.6 Å². The summed E-state index contributed by atoms with van der Waals surface area (Å²) in [6.07, 6.45) is 5.52. The van der Waals surface area contributed by atoms with Gasteiger partial charge in [0.2, 0.25) is 21.8 Å². The van der Waals surface area contributed by atoms with E-state index < -0.39 is 16.1 Å². The van der Waals surface area contributed by atoms with Gasteiger partial charge in [0, 0.05) is 39.6 Å². The van der Waals surface area contributed by atoms with Crippen LogP contribution in [0.4, 0.5) is 0 Å². The van der Waals surface area contributed by atoms with Gasteiger partial charge < -0.3 is 20.9 Å². The Morgan fingerprint density at radius 3 is 2.58 bits per heavy atom. The smallest absolute Gasteiger partial charge is 0.242 e. The molecule has 2 aliphatic heterocycles. The van der Waals surface area contributed by atoms with Crippen LogP contribution in [0.3, 0.4) is 0 Å². The number of piperidine rings is 2. The van der Waals surface area contributed by atoms with Crippen molar-refractivity contribution < 1.29 is 18.0 Å². The highest BCUT2D eigenvalue weighted by Crippen LogP contribution is 2.32. The summed E-state index contributed by atoms with van der Waals surface area (Å²) in [6, 6.07) is 11.8. The minimum atomic E-state index is -3.79. The molecule has 2 aliphatic rings. The first-order chi connectivity index (χ1) is 18.2. The van der Waals surface area contributed by atoms with Crippen LogP contribution >= 0.6 is 0 Å². The number of sulfonamides is 1. The van der Waals surface area contributed by atoms with Crippen LogP contribution in [0.5, 0.6) is 0 Å². The van der Waals surface area contributed by atoms with E-state index in [1.165, 1.54) is 0 Å². The molecule has 0 aromatic heterocycles. The predicted molar refractivity (Wildman–Crippen MR) is 147 cm³/mol. The van der Waals surface area contributed by atoms with Crippen molar-refractivity contribution in [3.8, 4) is 0 Å². The predicted octanol–water partition coefficient (Wildman–Crippen LogP) is 1.67. The van der Waals surface area contributed by atoms with E-state index >= 15 is 0 Å². The zero-order valence-corrected chi connectivity index (χ0v) is 22.5. The van der Waals surface area contributed by atoms with Crippen LogP contribution in [0.2, 0.25) is 0 Å². The average molecular weight is 542 g/mol. The monoisotopic (exact) mass is 541 g/mol. The Labute approximate surface area is 224 Å². The number of likely N-dealkylation sites (tertiary alicyclic amines) is 2. The van der Waals surface area contributed by atoms with Crippen molar-refractivity contribution in [2.45, 2.75) is 43.0 Å². The second kappa shape index (κ2) is 12.1. The second-order valence-corrected chi connectivity index (χ2v) is 11.8. The molecule has 11 heteroatoms. The van der Waals surface area contributed by atoms with Crippen LogP contribution in [0.25, 0.3) is 10.8 Å². The molecular formula is C27H37N6O4S. The number of carbonyl (C=O) groups excluding carboxylic acids is 2. The number of nitrogens with two attached hydrogens (primary N) is 1. The molecule has 2 aromatic rings. The largest absolute Gasteiger partial charge is 0.370 e. The standard InChI is InChI=1S/C27H37N6O4S/c1-30-26(35)25-22(16-19-6-4-14-32(18-19)27(28)29)9-5-15-33(25)24(34)12-13-31-38(36,37)23-11-10-20-7-2-3-8-21(20)17-23/h2-3,7-8,10-11,16-17,19,22,25,31H,4-6,9,12-15,18H2,1H3,(H3,28,29)(H,30,35)/t19-,22?,25?/m1/s1. The maximum atomic E-state index is 13.2. The molecule has 0 bridgehead atoms. The lowest BCUT2D eigenvalue weighted by molar-refractivity contribution is -0.144. The van der Waals surface area contributed by atoms with Crippen molar-refractivity contribution in [3.05, 3.63) is 48.9 Å². The molecule has 205 valence electrons. The van der Waals surface area contributed by atoms with E-state index in [2.05, 4.69) is 16.5 Å². The highest BCUT2D eigenvalue weighted by Gasteiger charge is 2.40. The van der Waals surface area contributed by atoms with Crippen LogP contribution < -0.4 is 15.8 Å². The Morgan fingerprint density at radius 2 is 1.84 bits per heavy atom. The summed E-state index contributed by atoms with van der Waals surface area (Å²) in [5.41, 5.74) is 5.69. The first kappa shape index (κ1) is 27.8. The van der Waals surface area contributed by atoms with Gasteiger partial charge in [-0.05, 0) is 66.8 Å². The van der Waals surface area contributed by atoms with Gasteiger partial charge in [0.1, 0.15) is 6.04 Å². The zero-order chi connectivity index (χ0) is 27.3. The Bertz CT molecular complexity index is 1280. The molecule has 2 fully saturated rings. The Balaban J connectivity index is 1.39. The third-order valence-electron chi connectivity index (χ3n) is 7.49. The number of likely N-dealkylation sites (N-methyl/N-ethyl adjacent to an activating group) is 1. The molecule has 1 radical (unpaired) electrons. The number of guanidine groups is 1. The van der Waals surface area contributed by atoms with Crippen molar-refractivity contribution in [1.82, 2.24) is 19.8 Å². The summed E-state index contributed by atoms with van der Waals surface area (Å²) < 4.78 is 28.3. The first-order valence-electron chi connectivity index (χ1n) is 13.1. The van der Waals surface area contributed by atoms with Gasteiger partial charge in [0.25, 0.3) is 0 Å². The third-order valence-corrected chi connectivity index (χ3v) is 8.95. The molecule has 0 aliphatic carbocycles. The SMILES string of the molecule is CNC(=O)C1C([CH][C@H]2CCCN(C(=N)N)C2)CCCN1C(=O)CCNS(=O)(=O)c1ccc2ccccc2c1. The second-order valence-electron chi connectivity index (χ2n) is 10.0. The van der Waals surface area contributed by atoms with Gasteiger partial charge in [0.05, 0.1) is 4.90 Å². The lowest BCUT2D eigenvalue weighted by Gasteiger charge is -2.42. The molecule has 0 spiro atoms. The third kappa shape index (κ3) is 6.44. The summed E-state index contributed by atoms with van der Waals surface area (Å²) in [4.78, 5) is 29.8. The number of hydrogen-bond acceptors (Lipinski definition) is 5. The average Bonchev–Trinajstić information content (AvgIpc) is 2.92. The molecule has 38 heavy (non-hydrogen) atoms. The van der Waals surface area contributed by atoms with Crippen LogP contribution in [0, 0.1) is 23.7 Å². The number of rotatable bonds is 8. The fourth-order valence-corrected chi connectivity index (χ4v) is 6.65. The number of hydrogen-bond donors (Lipinski definition) is 4. The van der Waals surface area contributed by atoms with E-state index in [-0.39, 0.29) is 47.5 Å². The summed E-state index contributed by atoms with van der Waals surface area (Å²) >= 11 is 0. The van der Waals surface area contributed by atoms with Crippen LogP contribution in [0.1, 0.15) is 32.1 Å². The molecule has 0 saturated carbocycles. The molecule has 10 nitrogen and oxygen atoms in total. The van der Waals surface area contributed by atoms with E-state index in [0.717, 1.165) is 43.0 Å². The first-order valence-corrected chi connectivity index (χ1v) is 14.6. The number of carbonyl (C=O) groups is 2. The van der Waals surface area contributed by atoms with Crippen LogP contribution in [-0.4, -0.2) is 75.3 Å². The summed E-state index contributed by atoms with van der Waals surface area (Å²) in [5, 5.41) is 12.2. The van der Waals surface area contributed by atoms with Gasteiger partial charge in [-0.15, -0.1) is 0 Å². The molecule has 5 N–H and O–H groups in total. The van der Waals surface area contributed by atoms with Crippen molar-refractivity contribution >= 4 is 38.6 Å². The molecule has 4 rings (SSSR count). The van der Waals surface area contributed by atoms with E-state index in [0.29, 0.717) is 13.1 Å². The number of fused-ring (bicyclic) bond motifs is 1. The fraction of sp³-hybridized carbons (Fsp3) is 0.481. The van der Waals surface area contributed by atoms with Gasteiger partial charge in [-0.25, -0.2) is 13.1 Å². The maximum absolute atomic E-state index is 13.2. The van der Waals surface area contributed by atoms with Crippen molar-refractivity contribution in [2.75, 3.05) is 33.2 Å². The Morgan fingerprint density at radius 1 is 1.11 bits per heavy atom. The molecule has 2 saturated heterocycles. The van der Waals surface area contributed by atoms with Crippen LogP contribution in [-0.2, 0) is 19.6 Å². The van der Waals surface area contributed by atoms with Crippen molar-refractivity contribution in [1.29, 1.82) is 5.41 Å². The fourth-order valence-electron chi connectivity index (χ4n) is 5.58. The summed E-state index contributed by atoms with van der Waals surface area (Å²) in [7, 11) is -2.23. The highest BCUT2D eigenvalue weighted by molar-refractivity contribution is 7.89. The zero-order valence-electron chi connectivity index (χ0n) is 21.7. The van der Waals surface area contributed by atoms with Gasteiger partial charge in [-0.1, -0.05) is 30.3 Å². The number of benzene rings is 2. The summed E-state index contributed by atoms with van der Waals surface area (Å²) in [5.74, 6) is -0.382. The molecule has 2 amide bonds. The van der Waals surface area contributed by atoms with Gasteiger partial charge >= 0.3 is 0 Å². The molecule has 2 heterocycles. The lowest BCUT2D eigenvalue weighted by Crippen LogP contribution is -2.56. The molecule has 2 aromatic carbocycles. The quantitative estimate of drug-likeness (QED) is 0.295. The van der Waals surface area contributed by atoms with E-state index in [4.69, 9.17) is 11.1 Å². The maximum Gasteiger partial charge on any atom is 0.242 e. The van der Waals surface area contributed by atoms with Crippen molar-refractivity contribution in [3.63, 3.8) is 0 Å². The minimum absolute atomic E-state index is 0.0471. The Kier molecular flexibility index (Phi) is 8.88. The normalized spacial score (nSPS) is 22.3. The molecule has 3 atom stereocenters. The van der Waals surface area contributed by atoms with Gasteiger partial charge in [0.15, 0.2) is 5.96 Å². The van der Waals surface area contributed by atoms with E-state index in [1.807, 2.05) is 29.2 Å². The minimum Gasteiger partial charge on any atom is -0.370 e.